The smallest absolute Gasteiger partial charge is 0.191 e. The number of guanidine groups is 1. The van der Waals surface area contributed by atoms with Gasteiger partial charge in [-0.2, -0.15) is 0 Å². The van der Waals surface area contributed by atoms with Crippen LogP contribution in [-0.2, 0) is 0 Å². The number of hydrogen-bond donors (Lipinski definition) is 3. The summed E-state index contributed by atoms with van der Waals surface area (Å²) in [7, 11) is 0. The lowest BCUT2D eigenvalue weighted by molar-refractivity contribution is 0.143. The second-order valence-electron chi connectivity index (χ2n) is 7.52. The molecular weight excluding hydrogens is 300 g/mol. The highest BCUT2D eigenvalue weighted by Gasteiger charge is 2.21. The molecule has 0 aliphatic carbocycles. The van der Waals surface area contributed by atoms with Gasteiger partial charge in [-0.25, -0.2) is 0 Å². The molecule has 24 heavy (non-hydrogen) atoms. The van der Waals surface area contributed by atoms with Crippen LogP contribution in [-0.4, -0.2) is 61.8 Å². The minimum Gasteiger partial charge on any atom is -0.396 e. The van der Waals surface area contributed by atoms with E-state index in [4.69, 9.17) is 4.99 Å². The molecule has 1 saturated heterocycles. The number of aliphatic hydroxyl groups excluding tert-OH is 1. The van der Waals surface area contributed by atoms with E-state index in [1.807, 2.05) is 0 Å². The van der Waals surface area contributed by atoms with E-state index in [0.717, 1.165) is 63.2 Å². The van der Waals surface area contributed by atoms with Crippen molar-refractivity contribution in [2.45, 2.75) is 53.4 Å². The highest BCUT2D eigenvalue weighted by atomic mass is 16.3. The van der Waals surface area contributed by atoms with E-state index in [-0.39, 0.29) is 6.61 Å². The Morgan fingerprint density at radius 1 is 1.17 bits per heavy atom. The third-order valence-electron chi connectivity index (χ3n) is 4.75. The van der Waals surface area contributed by atoms with Gasteiger partial charge in [0.2, 0.25) is 0 Å². The largest absolute Gasteiger partial charge is 0.396 e. The van der Waals surface area contributed by atoms with Crippen LogP contribution in [0, 0.1) is 17.8 Å². The maximum Gasteiger partial charge on any atom is 0.191 e. The Morgan fingerprint density at radius 3 is 2.46 bits per heavy atom. The summed E-state index contributed by atoms with van der Waals surface area (Å²) in [6, 6.07) is 0. The lowest BCUT2D eigenvalue weighted by Gasteiger charge is -2.35. The van der Waals surface area contributed by atoms with Crippen LogP contribution in [0.1, 0.15) is 53.4 Å². The van der Waals surface area contributed by atoms with E-state index in [2.05, 4.69) is 43.2 Å². The topological polar surface area (TPSA) is 59.9 Å². The summed E-state index contributed by atoms with van der Waals surface area (Å²) in [4.78, 5) is 7.30. The Balaban J connectivity index is 2.39. The zero-order chi connectivity index (χ0) is 17.8. The van der Waals surface area contributed by atoms with Crippen molar-refractivity contribution in [3.63, 3.8) is 0 Å². The lowest BCUT2D eigenvalue weighted by Crippen LogP contribution is -2.45. The predicted molar refractivity (Wildman–Crippen MR) is 103 cm³/mol. The summed E-state index contributed by atoms with van der Waals surface area (Å²) in [5, 5.41) is 16.0. The molecule has 0 spiro atoms. The van der Waals surface area contributed by atoms with Crippen molar-refractivity contribution in [3.05, 3.63) is 0 Å². The Labute approximate surface area is 149 Å². The normalized spacial score (nSPS) is 24.0. The fourth-order valence-corrected chi connectivity index (χ4v) is 3.79. The Morgan fingerprint density at radius 2 is 1.88 bits per heavy atom. The van der Waals surface area contributed by atoms with Gasteiger partial charge in [0.15, 0.2) is 5.96 Å². The lowest BCUT2D eigenvalue weighted by atomic mass is 9.92. The quantitative estimate of drug-likeness (QED) is 0.422. The van der Waals surface area contributed by atoms with Crippen LogP contribution in [0.2, 0.25) is 0 Å². The molecule has 1 heterocycles. The second-order valence-corrected chi connectivity index (χ2v) is 7.52. The molecule has 0 aromatic carbocycles. The van der Waals surface area contributed by atoms with Gasteiger partial charge in [0.05, 0.1) is 0 Å². The van der Waals surface area contributed by atoms with Crippen molar-refractivity contribution < 1.29 is 5.11 Å². The SMILES string of the molecule is CCCC(CCO)CN=C(NCC)NCCN1CC(C)CC(C)C1. The van der Waals surface area contributed by atoms with Crippen LogP contribution in [0.15, 0.2) is 4.99 Å². The van der Waals surface area contributed by atoms with Crippen LogP contribution in [0.4, 0.5) is 0 Å². The molecule has 0 saturated carbocycles. The third-order valence-corrected chi connectivity index (χ3v) is 4.75. The number of piperidine rings is 1. The molecule has 1 aliphatic heterocycles. The van der Waals surface area contributed by atoms with E-state index in [1.54, 1.807) is 0 Å². The first-order chi connectivity index (χ1) is 11.6. The molecule has 142 valence electrons. The maximum atomic E-state index is 9.18. The van der Waals surface area contributed by atoms with Crippen molar-refractivity contribution in [1.29, 1.82) is 0 Å². The molecule has 5 nitrogen and oxygen atoms in total. The highest BCUT2D eigenvalue weighted by Crippen LogP contribution is 2.20. The number of nitrogens with one attached hydrogen (secondary N) is 2. The molecule has 0 aromatic heterocycles. The molecule has 3 N–H and O–H groups in total. The first-order valence-electron chi connectivity index (χ1n) is 9.94. The van der Waals surface area contributed by atoms with E-state index < -0.39 is 0 Å². The molecule has 0 radical (unpaired) electrons. The Hall–Kier alpha value is -0.810. The van der Waals surface area contributed by atoms with Gasteiger partial charge in [0.1, 0.15) is 0 Å². The van der Waals surface area contributed by atoms with E-state index in [0.29, 0.717) is 5.92 Å². The van der Waals surface area contributed by atoms with Crippen molar-refractivity contribution in [1.82, 2.24) is 15.5 Å². The summed E-state index contributed by atoms with van der Waals surface area (Å²) >= 11 is 0. The van der Waals surface area contributed by atoms with Gasteiger partial charge in [-0.05, 0) is 43.9 Å². The van der Waals surface area contributed by atoms with Crippen molar-refractivity contribution in [3.8, 4) is 0 Å². The van der Waals surface area contributed by atoms with Gasteiger partial charge < -0.3 is 20.6 Å². The van der Waals surface area contributed by atoms with E-state index in [9.17, 15) is 5.11 Å². The average molecular weight is 341 g/mol. The van der Waals surface area contributed by atoms with Crippen LogP contribution < -0.4 is 10.6 Å². The molecule has 1 aliphatic rings. The summed E-state index contributed by atoms with van der Waals surface area (Å²) in [5.41, 5.74) is 0. The van der Waals surface area contributed by atoms with Gasteiger partial charge in [0.25, 0.3) is 0 Å². The van der Waals surface area contributed by atoms with E-state index in [1.165, 1.54) is 19.5 Å². The zero-order valence-electron chi connectivity index (χ0n) is 16.4. The molecule has 3 atom stereocenters. The van der Waals surface area contributed by atoms with Gasteiger partial charge in [0, 0.05) is 45.9 Å². The predicted octanol–water partition coefficient (Wildman–Crippen LogP) is 2.32. The van der Waals surface area contributed by atoms with Crippen molar-refractivity contribution >= 4 is 5.96 Å². The number of rotatable bonds is 10. The molecule has 0 bridgehead atoms. The van der Waals surface area contributed by atoms with Crippen LogP contribution in [0.25, 0.3) is 0 Å². The average Bonchev–Trinajstić information content (AvgIpc) is 2.52. The Bertz CT molecular complexity index is 332. The first kappa shape index (κ1) is 21.2. The number of nitrogens with zero attached hydrogens (tertiary/aromatic N) is 2. The monoisotopic (exact) mass is 340 g/mol. The fraction of sp³-hybridized carbons (Fsp3) is 0.947. The van der Waals surface area contributed by atoms with Crippen molar-refractivity contribution in [2.75, 3.05) is 45.9 Å². The van der Waals surface area contributed by atoms with Crippen LogP contribution in [0.5, 0.6) is 0 Å². The van der Waals surface area contributed by atoms with Crippen molar-refractivity contribution in [2.24, 2.45) is 22.7 Å². The van der Waals surface area contributed by atoms with Gasteiger partial charge in [-0.3, -0.25) is 4.99 Å². The maximum absolute atomic E-state index is 9.18. The molecule has 1 fully saturated rings. The highest BCUT2D eigenvalue weighted by molar-refractivity contribution is 5.79. The minimum absolute atomic E-state index is 0.259. The first-order valence-corrected chi connectivity index (χ1v) is 9.94. The number of aliphatic hydroxyl groups is 1. The number of aliphatic imine (C=N–C) groups is 1. The molecule has 5 heteroatoms. The molecule has 0 aromatic rings. The Kier molecular flexibility index (Phi) is 11.1. The molecule has 3 unspecified atom stereocenters. The summed E-state index contributed by atoms with van der Waals surface area (Å²) in [6.07, 6.45) is 4.49. The molecule has 1 rings (SSSR count). The molecule has 0 amide bonds. The van der Waals surface area contributed by atoms with Crippen LogP contribution >= 0.6 is 0 Å². The summed E-state index contributed by atoms with van der Waals surface area (Å²) in [5.74, 6) is 3.02. The minimum atomic E-state index is 0.259. The van der Waals surface area contributed by atoms with Gasteiger partial charge in [-0.1, -0.05) is 27.2 Å². The number of likely N-dealkylation sites (tertiary alicyclic amines) is 1. The fourth-order valence-electron chi connectivity index (χ4n) is 3.79. The van der Waals surface area contributed by atoms with Gasteiger partial charge >= 0.3 is 0 Å². The number of hydrogen-bond acceptors (Lipinski definition) is 3. The van der Waals surface area contributed by atoms with E-state index >= 15 is 0 Å². The third kappa shape index (κ3) is 8.88. The summed E-state index contributed by atoms with van der Waals surface area (Å²) in [6.45, 7) is 15.4. The standard InChI is InChI=1S/C19H40N4O/c1-5-7-18(8-11-24)13-22-19(20-6-2)21-9-10-23-14-16(3)12-17(4)15-23/h16-18,24H,5-15H2,1-4H3,(H2,20,21,22). The van der Waals surface area contributed by atoms with Gasteiger partial charge in [-0.15, -0.1) is 0 Å². The van der Waals surface area contributed by atoms with Crippen LogP contribution in [0.3, 0.4) is 0 Å². The summed E-state index contributed by atoms with van der Waals surface area (Å²) < 4.78 is 0. The molecular formula is C19H40N4O. The second kappa shape index (κ2) is 12.5. The zero-order valence-corrected chi connectivity index (χ0v) is 16.4.